The zero-order chi connectivity index (χ0) is 18.3. The van der Waals surface area contributed by atoms with Crippen LogP contribution in [-0.2, 0) is 23.8 Å². The Bertz CT molecular complexity index is 849. The van der Waals surface area contributed by atoms with E-state index >= 15 is 0 Å². The normalized spacial score (nSPS) is 26.0. The van der Waals surface area contributed by atoms with Crippen molar-refractivity contribution < 1.29 is 23.8 Å². The molecule has 0 saturated carbocycles. The summed E-state index contributed by atoms with van der Waals surface area (Å²) in [6, 6.07) is 0. The number of carbonyl (C=O) groups excluding carboxylic acids is 2. The average molecular weight is 546 g/mol. The molecule has 4 atom stereocenters. The van der Waals surface area contributed by atoms with Gasteiger partial charge in [0.2, 0.25) is 5.28 Å². The predicted octanol–water partition coefficient (Wildman–Crippen LogP) is 2.40. The van der Waals surface area contributed by atoms with Crippen LogP contribution in [0.3, 0.4) is 0 Å². The van der Waals surface area contributed by atoms with Gasteiger partial charge in [0.1, 0.15) is 10.1 Å². The van der Waals surface area contributed by atoms with E-state index in [1.54, 1.807) is 4.57 Å². The lowest BCUT2D eigenvalue weighted by atomic mass is 10.2. The molecule has 0 radical (unpaired) electrons. The molecular weight excluding hydrogens is 534 g/mol. The SMILES string of the molecule is CC(=O)OC1[C@H](n2cnc3c(Br)nc(Cl)nc32)O[C@H](I)[C@H]1OC(C)=O. The molecule has 9 nitrogen and oxygen atoms in total. The number of carbonyl (C=O) groups is 2. The number of hydrogen-bond acceptors (Lipinski definition) is 8. The Morgan fingerprint density at radius 3 is 2.56 bits per heavy atom. The summed E-state index contributed by atoms with van der Waals surface area (Å²) in [6.07, 6.45) is -0.961. The zero-order valence-electron chi connectivity index (χ0n) is 12.9. The summed E-state index contributed by atoms with van der Waals surface area (Å²) in [7, 11) is 0. The molecule has 134 valence electrons. The smallest absolute Gasteiger partial charge is 0.303 e. The highest BCUT2D eigenvalue weighted by Crippen LogP contribution is 2.38. The second-order valence-corrected chi connectivity index (χ2v) is 7.45. The van der Waals surface area contributed by atoms with E-state index in [2.05, 4.69) is 30.9 Å². The van der Waals surface area contributed by atoms with Gasteiger partial charge < -0.3 is 14.2 Å². The minimum atomic E-state index is -0.867. The summed E-state index contributed by atoms with van der Waals surface area (Å²) in [5.74, 6) is -1.03. The van der Waals surface area contributed by atoms with Gasteiger partial charge in [-0.3, -0.25) is 14.2 Å². The van der Waals surface area contributed by atoms with E-state index in [-0.39, 0.29) is 5.28 Å². The van der Waals surface area contributed by atoms with Gasteiger partial charge in [-0.05, 0) is 50.1 Å². The average Bonchev–Trinajstić information content (AvgIpc) is 3.02. The second kappa shape index (κ2) is 7.29. The molecule has 3 heterocycles. The summed E-state index contributed by atoms with van der Waals surface area (Å²) < 4.78 is 17.9. The Kier molecular flexibility index (Phi) is 5.46. The van der Waals surface area contributed by atoms with Crippen molar-refractivity contribution >= 4 is 73.2 Å². The maximum Gasteiger partial charge on any atom is 0.303 e. The maximum absolute atomic E-state index is 11.5. The highest BCUT2D eigenvalue weighted by atomic mass is 127. The summed E-state index contributed by atoms with van der Waals surface area (Å²) in [5, 5.41) is 0.0192. The fraction of sp³-hybridized carbons (Fsp3) is 0.462. The molecule has 2 aromatic rings. The van der Waals surface area contributed by atoms with E-state index in [4.69, 9.17) is 25.8 Å². The van der Waals surface area contributed by atoms with Crippen LogP contribution >= 0.6 is 50.1 Å². The third kappa shape index (κ3) is 3.73. The number of ether oxygens (including phenoxy) is 3. The Hall–Kier alpha value is -1.05. The number of alkyl halides is 1. The lowest BCUT2D eigenvalue weighted by Gasteiger charge is -2.23. The van der Waals surface area contributed by atoms with Crippen LogP contribution in [0.25, 0.3) is 11.2 Å². The fourth-order valence-corrected chi connectivity index (χ4v) is 4.07. The largest absolute Gasteiger partial charge is 0.455 e. The van der Waals surface area contributed by atoms with Gasteiger partial charge in [0.25, 0.3) is 0 Å². The first-order valence-corrected chi connectivity index (χ1v) is 9.39. The standard InChI is InChI=1S/C13H11BrClIN4O5/c1-4(21)23-7-8(24-5(2)22)12(25-10(7)16)20-3-17-6-9(14)18-13(15)19-11(6)20/h3,7-8,10,12H,1-2H3/t7-,8?,10-,12+/m0/s1. The Morgan fingerprint density at radius 2 is 1.92 bits per heavy atom. The molecule has 0 aromatic carbocycles. The first-order valence-electron chi connectivity index (χ1n) is 6.97. The van der Waals surface area contributed by atoms with Gasteiger partial charge in [-0.15, -0.1) is 0 Å². The predicted molar refractivity (Wildman–Crippen MR) is 97.1 cm³/mol. The van der Waals surface area contributed by atoms with Gasteiger partial charge >= 0.3 is 11.9 Å². The lowest BCUT2D eigenvalue weighted by Crippen LogP contribution is -2.37. The van der Waals surface area contributed by atoms with Crippen molar-refractivity contribution in [3.8, 4) is 0 Å². The van der Waals surface area contributed by atoms with Crippen LogP contribution in [0.15, 0.2) is 10.9 Å². The molecule has 1 unspecified atom stereocenters. The monoisotopic (exact) mass is 544 g/mol. The van der Waals surface area contributed by atoms with Crippen molar-refractivity contribution in [3.05, 3.63) is 16.2 Å². The number of imidazole rings is 1. The Morgan fingerprint density at radius 1 is 1.28 bits per heavy atom. The maximum atomic E-state index is 11.5. The van der Waals surface area contributed by atoms with Crippen LogP contribution in [0.1, 0.15) is 20.1 Å². The number of rotatable bonds is 3. The highest BCUT2D eigenvalue weighted by Gasteiger charge is 2.49. The topological polar surface area (TPSA) is 105 Å². The highest BCUT2D eigenvalue weighted by molar-refractivity contribution is 14.1. The van der Waals surface area contributed by atoms with Crippen molar-refractivity contribution in [1.29, 1.82) is 0 Å². The minimum absolute atomic E-state index is 0.0192. The fourth-order valence-electron chi connectivity index (χ4n) is 2.50. The van der Waals surface area contributed by atoms with Crippen LogP contribution < -0.4 is 0 Å². The van der Waals surface area contributed by atoms with Gasteiger partial charge in [0.15, 0.2) is 28.2 Å². The first kappa shape index (κ1) is 18.7. The van der Waals surface area contributed by atoms with E-state index in [0.29, 0.717) is 15.8 Å². The molecule has 0 amide bonds. The zero-order valence-corrected chi connectivity index (χ0v) is 17.4. The lowest BCUT2D eigenvalue weighted by molar-refractivity contribution is -0.164. The molecule has 1 fully saturated rings. The third-order valence-corrected chi connectivity index (χ3v) is 5.09. The second-order valence-electron chi connectivity index (χ2n) is 5.13. The minimum Gasteiger partial charge on any atom is -0.455 e. The number of hydrogen-bond donors (Lipinski definition) is 0. The van der Waals surface area contributed by atoms with Crippen LogP contribution in [0.5, 0.6) is 0 Å². The third-order valence-electron chi connectivity index (χ3n) is 3.36. The molecular formula is C13H11BrClIN4O5. The summed E-state index contributed by atoms with van der Waals surface area (Å²) in [6.45, 7) is 2.54. The summed E-state index contributed by atoms with van der Waals surface area (Å²) in [4.78, 5) is 35.3. The van der Waals surface area contributed by atoms with Crippen molar-refractivity contribution in [2.45, 2.75) is 36.4 Å². The Balaban J connectivity index is 2.05. The molecule has 0 aliphatic carbocycles. The summed E-state index contributed by atoms with van der Waals surface area (Å²) >= 11 is 11.2. The number of aromatic nitrogens is 4. The van der Waals surface area contributed by atoms with Crippen molar-refractivity contribution in [1.82, 2.24) is 19.5 Å². The molecule has 3 rings (SSSR count). The molecule has 1 saturated heterocycles. The molecule has 12 heteroatoms. The van der Waals surface area contributed by atoms with Crippen molar-refractivity contribution in [3.63, 3.8) is 0 Å². The Labute approximate surface area is 168 Å². The molecule has 0 N–H and O–H groups in total. The van der Waals surface area contributed by atoms with E-state index < -0.39 is 34.5 Å². The molecule has 0 bridgehead atoms. The number of fused-ring (bicyclic) bond motifs is 1. The van der Waals surface area contributed by atoms with E-state index in [9.17, 15) is 9.59 Å². The number of esters is 2. The molecule has 0 spiro atoms. The van der Waals surface area contributed by atoms with Gasteiger partial charge in [0, 0.05) is 13.8 Å². The van der Waals surface area contributed by atoms with Crippen LogP contribution in [0, 0.1) is 0 Å². The van der Waals surface area contributed by atoms with Gasteiger partial charge in [-0.25, -0.2) is 9.97 Å². The molecule has 1 aliphatic rings. The van der Waals surface area contributed by atoms with E-state index in [1.807, 2.05) is 22.6 Å². The van der Waals surface area contributed by atoms with Gasteiger partial charge in [0.05, 0.1) is 6.33 Å². The molecule has 1 aliphatic heterocycles. The number of halogens is 3. The van der Waals surface area contributed by atoms with Crippen molar-refractivity contribution in [2.75, 3.05) is 0 Å². The van der Waals surface area contributed by atoms with Gasteiger partial charge in [-0.1, -0.05) is 0 Å². The van der Waals surface area contributed by atoms with Crippen molar-refractivity contribution in [2.24, 2.45) is 0 Å². The van der Waals surface area contributed by atoms with E-state index in [0.717, 1.165) is 0 Å². The van der Waals surface area contributed by atoms with Gasteiger partial charge in [-0.2, -0.15) is 4.98 Å². The molecule has 2 aromatic heterocycles. The van der Waals surface area contributed by atoms with Crippen LogP contribution in [0.4, 0.5) is 0 Å². The van der Waals surface area contributed by atoms with Crippen LogP contribution in [-0.4, -0.2) is 47.8 Å². The summed E-state index contributed by atoms with van der Waals surface area (Å²) in [5.41, 5.74) is 0.858. The molecule has 25 heavy (non-hydrogen) atoms. The first-order chi connectivity index (χ1) is 11.8. The van der Waals surface area contributed by atoms with Crippen LogP contribution in [0.2, 0.25) is 5.28 Å². The number of nitrogens with zero attached hydrogens (tertiary/aromatic N) is 4. The quantitative estimate of drug-likeness (QED) is 0.190. The van der Waals surface area contributed by atoms with E-state index in [1.165, 1.54) is 20.2 Å².